The summed E-state index contributed by atoms with van der Waals surface area (Å²) in [6, 6.07) is 0. The van der Waals surface area contributed by atoms with E-state index in [0.717, 1.165) is 17.9 Å². The van der Waals surface area contributed by atoms with E-state index in [2.05, 4.69) is 20.3 Å². The number of aryl methyl sites for hydroxylation is 1. The Hall–Kier alpha value is -2.68. The second-order valence-corrected chi connectivity index (χ2v) is 6.15. The Morgan fingerprint density at radius 1 is 1.36 bits per heavy atom. The molecular formula is C16H21N7O2. The van der Waals surface area contributed by atoms with E-state index in [1.54, 1.807) is 6.20 Å². The molecule has 1 unspecified atom stereocenters. The van der Waals surface area contributed by atoms with Crippen LogP contribution in [0.5, 0.6) is 0 Å². The number of ether oxygens (including phenoxy) is 1. The van der Waals surface area contributed by atoms with Crippen LogP contribution < -0.4 is 16.0 Å². The molecule has 2 aromatic rings. The van der Waals surface area contributed by atoms with E-state index in [9.17, 15) is 4.79 Å². The van der Waals surface area contributed by atoms with Crippen LogP contribution in [0.4, 0.5) is 17.6 Å². The van der Waals surface area contributed by atoms with Crippen molar-refractivity contribution in [2.24, 2.45) is 0 Å². The number of anilines is 3. The molecule has 9 heteroatoms. The van der Waals surface area contributed by atoms with E-state index in [4.69, 9.17) is 10.5 Å². The normalized spacial score (nSPS) is 20.3. The van der Waals surface area contributed by atoms with Crippen molar-refractivity contribution in [3.8, 4) is 0 Å². The number of carbonyl (C=O) groups is 1. The van der Waals surface area contributed by atoms with Crippen molar-refractivity contribution in [1.29, 1.82) is 0 Å². The molecule has 2 aromatic heterocycles. The van der Waals surface area contributed by atoms with Gasteiger partial charge in [0.15, 0.2) is 0 Å². The molecule has 0 aliphatic carbocycles. The van der Waals surface area contributed by atoms with Gasteiger partial charge >= 0.3 is 0 Å². The first kappa shape index (κ1) is 15.8. The van der Waals surface area contributed by atoms with Crippen molar-refractivity contribution in [3.05, 3.63) is 23.8 Å². The maximum atomic E-state index is 12.2. The minimum absolute atomic E-state index is 0.0887. The summed E-state index contributed by atoms with van der Waals surface area (Å²) in [5, 5.41) is 2.84. The molecule has 1 saturated heterocycles. The quantitative estimate of drug-likeness (QED) is 0.839. The van der Waals surface area contributed by atoms with Crippen molar-refractivity contribution in [2.45, 2.75) is 25.8 Å². The lowest BCUT2D eigenvalue weighted by molar-refractivity contribution is -0.116. The second-order valence-electron chi connectivity index (χ2n) is 6.15. The molecule has 0 radical (unpaired) electrons. The van der Waals surface area contributed by atoms with E-state index in [-0.39, 0.29) is 18.2 Å². The average Bonchev–Trinajstić information content (AvgIpc) is 3.10. The number of amides is 1. The first-order chi connectivity index (χ1) is 12.2. The van der Waals surface area contributed by atoms with Gasteiger partial charge in [-0.1, -0.05) is 0 Å². The Balaban J connectivity index is 1.77. The summed E-state index contributed by atoms with van der Waals surface area (Å²) in [5.74, 6) is 1.89. The van der Waals surface area contributed by atoms with Crippen LogP contribution in [0.25, 0.3) is 0 Å². The fourth-order valence-electron chi connectivity index (χ4n) is 3.41. The summed E-state index contributed by atoms with van der Waals surface area (Å²) in [6.07, 6.45) is 3.93. The summed E-state index contributed by atoms with van der Waals surface area (Å²) in [6.45, 7) is 5.48. The third kappa shape index (κ3) is 2.80. The molecule has 1 fully saturated rings. The molecule has 3 N–H and O–H groups in total. The highest BCUT2D eigenvalue weighted by Crippen LogP contribution is 2.39. The summed E-state index contributed by atoms with van der Waals surface area (Å²) in [4.78, 5) is 27.8. The van der Waals surface area contributed by atoms with Gasteiger partial charge < -0.3 is 25.3 Å². The SMILES string of the molecule is CCn1ccnc1C1CC(=O)Nc2nc(N3CCOCC3)nc(N)c21. The smallest absolute Gasteiger partial charge is 0.229 e. The zero-order chi connectivity index (χ0) is 17.4. The molecule has 4 rings (SSSR count). The largest absolute Gasteiger partial charge is 0.383 e. The molecule has 1 amide bonds. The van der Waals surface area contributed by atoms with E-state index in [1.165, 1.54) is 0 Å². The Morgan fingerprint density at radius 3 is 2.92 bits per heavy atom. The van der Waals surface area contributed by atoms with Gasteiger partial charge in [0.25, 0.3) is 0 Å². The van der Waals surface area contributed by atoms with Gasteiger partial charge in [-0.25, -0.2) is 4.98 Å². The van der Waals surface area contributed by atoms with Crippen LogP contribution in [0.2, 0.25) is 0 Å². The molecule has 25 heavy (non-hydrogen) atoms. The Bertz CT molecular complexity index is 798. The van der Waals surface area contributed by atoms with Crippen LogP contribution in [0.1, 0.15) is 30.7 Å². The van der Waals surface area contributed by atoms with Gasteiger partial charge in [-0.15, -0.1) is 0 Å². The number of nitrogens with one attached hydrogen (secondary N) is 1. The molecule has 2 aliphatic rings. The minimum Gasteiger partial charge on any atom is -0.383 e. The lowest BCUT2D eigenvalue weighted by atomic mass is 9.92. The number of nitrogens with zero attached hydrogens (tertiary/aromatic N) is 5. The number of morpholine rings is 1. The molecule has 0 aromatic carbocycles. The number of fused-ring (bicyclic) bond motifs is 1. The van der Waals surface area contributed by atoms with E-state index in [1.807, 2.05) is 22.6 Å². The standard InChI is InChI=1S/C16H21N7O2/c1-2-22-4-3-18-15(22)10-9-11(24)19-14-12(10)13(17)20-16(21-14)23-5-7-25-8-6-23/h3-4,10H,2,5-9H2,1H3,(H3,17,19,20,21,24). The van der Waals surface area contributed by atoms with Gasteiger partial charge in [-0.2, -0.15) is 9.97 Å². The van der Waals surface area contributed by atoms with E-state index < -0.39 is 0 Å². The summed E-state index contributed by atoms with van der Waals surface area (Å²) >= 11 is 0. The molecule has 9 nitrogen and oxygen atoms in total. The van der Waals surface area contributed by atoms with Crippen LogP contribution in [0.15, 0.2) is 12.4 Å². The first-order valence-corrected chi connectivity index (χ1v) is 8.48. The number of imidazole rings is 1. The van der Waals surface area contributed by atoms with Crippen LogP contribution in [-0.2, 0) is 16.1 Å². The summed E-state index contributed by atoms with van der Waals surface area (Å²) in [7, 11) is 0. The highest BCUT2D eigenvalue weighted by molar-refractivity contribution is 5.95. The predicted octanol–water partition coefficient (Wildman–Crippen LogP) is 0.586. The number of nitrogens with two attached hydrogens (primary N) is 1. The number of nitrogen functional groups attached to an aromatic ring is 1. The number of hydrogen-bond acceptors (Lipinski definition) is 7. The fourth-order valence-corrected chi connectivity index (χ4v) is 3.41. The van der Waals surface area contributed by atoms with E-state index >= 15 is 0 Å². The second kappa shape index (κ2) is 6.32. The fraction of sp³-hybridized carbons (Fsp3) is 0.500. The molecule has 2 aliphatic heterocycles. The average molecular weight is 343 g/mol. The zero-order valence-corrected chi connectivity index (χ0v) is 14.1. The van der Waals surface area contributed by atoms with Gasteiger partial charge in [-0.05, 0) is 6.92 Å². The van der Waals surface area contributed by atoms with E-state index in [0.29, 0.717) is 43.9 Å². The third-order valence-electron chi connectivity index (χ3n) is 4.65. The first-order valence-electron chi connectivity index (χ1n) is 8.48. The molecule has 0 bridgehead atoms. The lowest BCUT2D eigenvalue weighted by Gasteiger charge is -2.30. The maximum Gasteiger partial charge on any atom is 0.229 e. The lowest BCUT2D eigenvalue weighted by Crippen LogP contribution is -2.38. The predicted molar refractivity (Wildman–Crippen MR) is 92.5 cm³/mol. The van der Waals surface area contributed by atoms with Gasteiger partial charge in [0.05, 0.1) is 19.1 Å². The van der Waals surface area contributed by atoms with Crippen molar-refractivity contribution in [1.82, 2.24) is 19.5 Å². The molecule has 4 heterocycles. The van der Waals surface area contributed by atoms with Crippen LogP contribution in [0, 0.1) is 0 Å². The maximum absolute atomic E-state index is 12.2. The Labute approximate surface area is 145 Å². The van der Waals surface area contributed by atoms with Crippen molar-refractivity contribution >= 4 is 23.5 Å². The van der Waals surface area contributed by atoms with Crippen LogP contribution in [-0.4, -0.2) is 51.7 Å². The molecule has 1 atom stereocenters. The molecule has 132 valence electrons. The summed E-state index contributed by atoms with van der Waals surface area (Å²) < 4.78 is 7.38. The van der Waals surface area contributed by atoms with Gasteiger partial charge in [0.2, 0.25) is 11.9 Å². The molecule has 0 spiro atoms. The third-order valence-corrected chi connectivity index (χ3v) is 4.65. The van der Waals surface area contributed by atoms with Gasteiger partial charge in [0, 0.05) is 44.0 Å². The minimum atomic E-state index is -0.238. The number of rotatable bonds is 3. The van der Waals surface area contributed by atoms with Crippen molar-refractivity contribution in [3.63, 3.8) is 0 Å². The Kier molecular flexibility index (Phi) is 4.00. The van der Waals surface area contributed by atoms with Gasteiger partial charge in [-0.3, -0.25) is 4.79 Å². The topological polar surface area (TPSA) is 111 Å². The summed E-state index contributed by atoms with van der Waals surface area (Å²) in [5.41, 5.74) is 7.03. The highest BCUT2D eigenvalue weighted by Gasteiger charge is 2.34. The van der Waals surface area contributed by atoms with Crippen LogP contribution >= 0.6 is 0 Å². The zero-order valence-electron chi connectivity index (χ0n) is 14.1. The number of aromatic nitrogens is 4. The molecular weight excluding hydrogens is 322 g/mol. The van der Waals surface area contributed by atoms with Gasteiger partial charge in [0.1, 0.15) is 17.5 Å². The van der Waals surface area contributed by atoms with Crippen molar-refractivity contribution < 1.29 is 9.53 Å². The van der Waals surface area contributed by atoms with Crippen LogP contribution in [0.3, 0.4) is 0 Å². The monoisotopic (exact) mass is 343 g/mol. The number of carbonyl (C=O) groups excluding carboxylic acids is 1. The highest BCUT2D eigenvalue weighted by atomic mass is 16.5. The number of hydrogen-bond donors (Lipinski definition) is 2. The Morgan fingerprint density at radius 2 is 2.16 bits per heavy atom. The molecule has 0 saturated carbocycles. The van der Waals surface area contributed by atoms with Crippen molar-refractivity contribution in [2.75, 3.05) is 42.3 Å².